The Kier molecular flexibility index (Phi) is 4.92. The lowest BCUT2D eigenvalue weighted by Gasteiger charge is -2.32. The van der Waals surface area contributed by atoms with Crippen LogP contribution in [0.25, 0.3) is 0 Å². The Bertz CT molecular complexity index is 557. The van der Waals surface area contributed by atoms with Crippen LogP contribution in [-0.2, 0) is 9.53 Å². The van der Waals surface area contributed by atoms with E-state index in [9.17, 15) is 14.4 Å². The van der Waals surface area contributed by atoms with Crippen molar-refractivity contribution in [3.63, 3.8) is 0 Å². The van der Waals surface area contributed by atoms with Crippen LogP contribution in [0.3, 0.4) is 0 Å². The molecule has 1 aromatic rings. The van der Waals surface area contributed by atoms with Crippen molar-refractivity contribution in [1.29, 1.82) is 0 Å². The average Bonchev–Trinajstić information content (AvgIpc) is 2.94. The summed E-state index contributed by atoms with van der Waals surface area (Å²) in [5.74, 6) is -1.39. The number of nitrogens with one attached hydrogen (secondary N) is 1. The van der Waals surface area contributed by atoms with Gasteiger partial charge in [0.05, 0.1) is 17.6 Å². The van der Waals surface area contributed by atoms with Crippen LogP contribution in [0.15, 0.2) is 12.1 Å². The van der Waals surface area contributed by atoms with E-state index in [2.05, 4.69) is 5.32 Å². The first-order valence-electron chi connectivity index (χ1n) is 6.46. The number of hydrogen-bond donors (Lipinski definition) is 2. The number of carboxylic acid groups (broad SMARTS) is 1. The Labute approximate surface area is 125 Å². The van der Waals surface area contributed by atoms with E-state index in [0.29, 0.717) is 31.1 Å². The molecule has 2 rings (SSSR count). The van der Waals surface area contributed by atoms with Crippen molar-refractivity contribution in [2.75, 3.05) is 26.2 Å². The maximum absolute atomic E-state index is 12.3. The van der Waals surface area contributed by atoms with Crippen molar-refractivity contribution in [1.82, 2.24) is 10.2 Å². The van der Waals surface area contributed by atoms with E-state index in [-0.39, 0.29) is 22.8 Å². The van der Waals surface area contributed by atoms with Gasteiger partial charge in [-0.15, -0.1) is 11.3 Å². The lowest BCUT2D eigenvalue weighted by atomic mass is 10.2. The third kappa shape index (κ3) is 4.02. The quantitative estimate of drug-likeness (QED) is 0.840. The number of thiophene rings is 1. The molecule has 0 aromatic carbocycles. The molecule has 0 aliphatic carbocycles. The average molecular weight is 312 g/mol. The molecule has 1 atom stereocenters. The highest BCUT2D eigenvalue weighted by atomic mass is 32.1. The fraction of sp³-hybridized carbons (Fsp3) is 0.462. The van der Waals surface area contributed by atoms with E-state index >= 15 is 0 Å². The first-order chi connectivity index (χ1) is 9.97. The Hall–Kier alpha value is -1.93. The summed E-state index contributed by atoms with van der Waals surface area (Å²) in [7, 11) is 0. The van der Waals surface area contributed by atoms with E-state index < -0.39 is 5.97 Å². The van der Waals surface area contributed by atoms with Gasteiger partial charge in [-0.25, -0.2) is 4.79 Å². The number of carboxylic acids is 1. The number of amides is 2. The van der Waals surface area contributed by atoms with Gasteiger partial charge in [0.1, 0.15) is 4.88 Å². The number of hydrogen-bond acceptors (Lipinski definition) is 5. The van der Waals surface area contributed by atoms with Crippen molar-refractivity contribution >= 4 is 29.1 Å². The lowest BCUT2D eigenvalue weighted by Crippen LogP contribution is -2.49. The van der Waals surface area contributed by atoms with Crippen molar-refractivity contribution in [3.05, 3.63) is 21.9 Å². The number of carbonyl (C=O) groups excluding carboxylic acids is 2. The van der Waals surface area contributed by atoms with Crippen LogP contribution in [0.1, 0.15) is 26.3 Å². The van der Waals surface area contributed by atoms with Gasteiger partial charge in [-0.05, 0) is 12.1 Å². The summed E-state index contributed by atoms with van der Waals surface area (Å²) < 4.78 is 5.49. The van der Waals surface area contributed by atoms with Crippen molar-refractivity contribution in [2.45, 2.75) is 13.0 Å². The number of rotatable bonds is 4. The Morgan fingerprint density at radius 1 is 1.43 bits per heavy atom. The molecule has 2 heterocycles. The molecule has 1 aliphatic heterocycles. The number of nitrogens with zero attached hydrogens (tertiary/aromatic N) is 1. The fourth-order valence-corrected chi connectivity index (χ4v) is 2.82. The van der Waals surface area contributed by atoms with Gasteiger partial charge >= 0.3 is 5.97 Å². The van der Waals surface area contributed by atoms with Crippen molar-refractivity contribution < 1.29 is 24.2 Å². The molecule has 1 aromatic heterocycles. The molecule has 2 N–H and O–H groups in total. The summed E-state index contributed by atoms with van der Waals surface area (Å²) in [6.45, 7) is 3.00. The zero-order valence-electron chi connectivity index (χ0n) is 11.5. The second kappa shape index (κ2) is 6.68. The Morgan fingerprint density at radius 2 is 2.14 bits per heavy atom. The molecule has 0 bridgehead atoms. The normalized spacial score (nSPS) is 18.3. The van der Waals surface area contributed by atoms with Crippen molar-refractivity contribution in [2.24, 2.45) is 0 Å². The van der Waals surface area contributed by atoms with Crippen LogP contribution in [0.2, 0.25) is 0 Å². The number of ether oxygens (including phenoxy) is 1. The highest BCUT2D eigenvalue weighted by Gasteiger charge is 2.26. The van der Waals surface area contributed by atoms with E-state index in [0.717, 1.165) is 11.3 Å². The summed E-state index contributed by atoms with van der Waals surface area (Å²) in [5, 5.41) is 11.5. The summed E-state index contributed by atoms with van der Waals surface area (Å²) >= 11 is 0.961. The largest absolute Gasteiger partial charge is 0.477 e. The zero-order chi connectivity index (χ0) is 15.4. The fourth-order valence-electron chi connectivity index (χ4n) is 2.01. The van der Waals surface area contributed by atoms with Crippen LogP contribution in [0.4, 0.5) is 0 Å². The predicted octanol–water partition coefficient (Wildman–Crippen LogP) is 0.423. The standard InChI is InChI=1S/C13H16N2O5S/c1-8(16)14-6-9-7-15(4-5-20-9)12(17)10-2-3-11(21-10)13(18)19/h2-3,9H,4-7H2,1H3,(H,14,16)(H,18,19). The molecule has 1 saturated heterocycles. The third-order valence-corrected chi connectivity index (χ3v) is 4.09. The minimum atomic E-state index is -1.04. The minimum absolute atomic E-state index is 0.140. The van der Waals surface area contributed by atoms with Gasteiger partial charge in [-0.3, -0.25) is 9.59 Å². The Balaban J connectivity index is 1.97. The highest BCUT2D eigenvalue weighted by molar-refractivity contribution is 7.15. The van der Waals surface area contributed by atoms with Crippen LogP contribution < -0.4 is 5.32 Å². The molecule has 0 saturated carbocycles. The van der Waals surface area contributed by atoms with Gasteiger partial charge in [0.25, 0.3) is 5.91 Å². The van der Waals surface area contributed by atoms with Gasteiger partial charge in [0.15, 0.2) is 0 Å². The molecule has 1 unspecified atom stereocenters. The molecule has 8 heteroatoms. The second-order valence-corrected chi connectivity index (χ2v) is 5.73. The van der Waals surface area contributed by atoms with Gasteiger partial charge in [0, 0.05) is 26.6 Å². The highest BCUT2D eigenvalue weighted by Crippen LogP contribution is 2.19. The molecule has 1 aliphatic rings. The molecular formula is C13H16N2O5S. The Morgan fingerprint density at radius 3 is 2.76 bits per heavy atom. The van der Waals surface area contributed by atoms with E-state index in [1.165, 1.54) is 19.1 Å². The summed E-state index contributed by atoms with van der Waals surface area (Å²) in [4.78, 5) is 36.2. The first kappa shape index (κ1) is 15.5. The minimum Gasteiger partial charge on any atom is -0.477 e. The molecule has 0 spiro atoms. The van der Waals surface area contributed by atoms with Crippen LogP contribution >= 0.6 is 11.3 Å². The molecule has 1 fully saturated rings. The molecule has 7 nitrogen and oxygen atoms in total. The van der Waals surface area contributed by atoms with Gasteiger partial charge in [-0.1, -0.05) is 0 Å². The molecule has 21 heavy (non-hydrogen) atoms. The van der Waals surface area contributed by atoms with Crippen LogP contribution in [0, 0.1) is 0 Å². The number of carbonyl (C=O) groups is 3. The lowest BCUT2D eigenvalue weighted by molar-refractivity contribution is -0.120. The van der Waals surface area contributed by atoms with E-state index in [1.807, 2.05) is 0 Å². The van der Waals surface area contributed by atoms with Crippen LogP contribution in [-0.4, -0.2) is 60.1 Å². The van der Waals surface area contributed by atoms with E-state index in [4.69, 9.17) is 9.84 Å². The van der Waals surface area contributed by atoms with Gasteiger partial charge in [0.2, 0.25) is 5.91 Å². The van der Waals surface area contributed by atoms with Gasteiger partial charge < -0.3 is 20.1 Å². The topological polar surface area (TPSA) is 95.9 Å². The zero-order valence-corrected chi connectivity index (χ0v) is 12.3. The first-order valence-corrected chi connectivity index (χ1v) is 7.27. The maximum atomic E-state index is 12.3. The maximum Gasteiger partial charge on any atom is 0.345 e. The van der Waals surface area contributed by atoms with Crippen molar-refractivity contribution in [3.8, 4) is 0 Å². The molecule has 114 valence electrons. The molecule has 2 amide bonds. The summed E-state index contributed by atoms with van der Waals surface area (Å²) in [6.07, 6.45) is -0.245. The SMILES string of the molecule is CC(=O)NCC1CN(C(=O)c2ccc(C(=O)O)s2)CCO1. The van der Waals surface area contributed by atoms with Crippen LogP contribution in [0.5, 0.6) is 0 Å². The smallest absolute Gasteiger partial charge is 0.345 e. The summed E-state index contributed by atoms with van der Waals surface area (Å²) in [6, 6.07) is 2.95. The number of morpholine rings is 1. The molecule has 0 radical (unpaired) electrons. The predicted molar refractivity (Wildman–Crippen MR) is 75.6 cm³/mol. The second-order valence-electron chi connectivity index (χ2n) is 4.65. The molecular weight excluding hydrogens is 296 g/mol. The van der Waals surface area contributed by atoms with E-state index in [1.54, 1.807) is 4.90 Å². The number of aromatic carboxylic acids is 1. The summed E-state index contributed by atoms with van der Waals surface area (Å²) in [5.41, 5.74) is 0. The monoisotopic (exact) mass is 312 g/mol. The van der Waals surface area contributed by atoms with Gasteiger partial charge in [-0.2, -0.15) is 0 Å². The third-order valence-electron chi connectivity index (χ3n) is 3.03.